The number of sulfone groups is 1. The molecule has 0 aliphatic heterocycles. The van der Waals surface area contributed by atoms with Gasteiger partial charge < -0.3 is 15.4 Å². The fraction of sp³-hybridized carbons (Fsp3) is 0. The zero-order chi connectivity index (χ0) is 24.0. The fourth-order valence-electron chi connectivity index (χ4n) is 3.32. The van der Waals surface area contributed by atoms with Crippen LogP contribution < -0.4 is 5.32 Å². The summed E-state index contributed by atoms with van der Waals surface area (Å²) in [6.07, 6.45) is 2.45. The Morgan fingerprint density at radius 3 is 2.62 bits per heavy atom. The minimum atomic E-state index is -3.95. The molecule has 3 N–H and O–H groups in total. The first kappa shape index (κ1) is 21.4. The minimum absolute atomic E-state index is 0.0783. The first-order valence-electron chi connectivity index (χ1n) is 9.33. The van der Waals surface area contributed by atoms with Crippen molar-refractivity contribution in [2.45, 2.75) is 9.10 Å². The molecule has 0 fully saturated rings. The van der Waals surface area contributed by atoms with Gasteiger partial charge in [-0.25, -0.2) is 23.4 Å². The van der Waals surface area contributed by atoms with Gasteiger partial charge in [0.05, 0.1) is 26.9 Å². The molecule has 13 nitrogen and oxygen atoms in total. The van der Waals surface area contributed by atoms with E-state index in [9.17, 15) is 28.5 Å². The second-order valence-corrected chi connectivity index (χ2v) is 10.1. The van der Waals surface area contributed by atoms with Gasteiger partial charge in [-0.2, -0.15) is 0 Å². The Morgan fingerprint density at radius 1 is 1.15 bits per heavy atom. The lowest BCUT2D eigenvalue weighted by Crippen LogP contribution is -1.99. The number of fused-ring (bicyclic) bond motifs is 3. The van der Waals surface area contributed by atoms with Crippen molar-refractivity contribution in [1.29, 1.82) is 0 Å². The first-order valence-corrected chi connectivity index (χ1v) is 11.6. The number of non-ortho nitro benzene ring substituents is 1. The second-order valence-electron chi connectivity index (χ2n) is 6.91. The SMILES string of the molecule is O=Nc1cc2c(cc1O)[nH]c1ncnc(Nc3ncc(S(=O)(=O)c4ccc([N+](=O)[O-])cc4)s3)c12. The summed E-state index contributed by atoms with van der Waals surface area (Å²) in [4.78, 5) is 36.6. The quantitative estimate of drug-likeness (QED) is 0.174. The van der Waals surface area contributed by atoms with Crippen LogP contribution in [0.5, 0.6) is 5.75 Å². The number of nitro groups is 1. The minimum Gasteiger partial charge on any atom is -0.505 e. The number of aromatic amines is 1. The molecule has 5 aromatic rings. The molecule has 0 amide bonds. The number of aromatic hydroxyl groups is 1. The van der Waals surface area contributed by atoms with Crippen molar-refractivity contribution in [3.8, 4) is 5.75 Å². The molecule has 0 spiro atoms. The Morgan fingerprint density at radius 2 is 1.91 bits per heavy atom. The normalized spacial score (nSPS) is 11.6. The number of anilines is 2. The zero-order valence-corrected chi connectivity index (χ0v) is 18.3. The smallest absolute Gasteiger partial charge is 0.269 e. The number of benzene rings is 2. The molecule has 0 saturated heterocycles. The molecule has 0 radical (unpaired) electrons. The van der Waals surface area contributed by atoms with Crippen LogP contribution in [0.3, 0.4) is 0 Å². The van der Waals surface area contributed by atoms with Crippen molar-refractivity contribution in [2.75, 3.05) is 5.32 Å². The molecular weight excluding hydrogens is 486 g/mol. The van der Waals surface area contributed by atoms with E-state index in [1.807, 2.05) is 0 Å². The summed E-state index contributed by atoms with van der Waals surface area (Å²) in [5.41, 5.74) is 0.515. The number of phenolic OH excluding ortho intramolecular Hbond substituents is 1. The zero-order valence-electron chi connectivity index (χ0n) is 16.7. The molecule has 3 aromatic heterocycles. The lowest BCUT2D eigenvalue weighted by atomic mass is 10.1. The monoisotopic (exact) mass is 497 g/mol. The average Bonchev–Trinajstić information content (AvgIpc) is 3.43. The van der Waals surface area contributed by atoms with E-state index in [-0.39, 0.29) is 37.2 Å². The Bertz CT molecular complexity index is 1710. The molecule has 0 aliphatic rings. The van der Waals surface area contributed by atoms with E-state index in [0.717, 1.165) is 35.6 Å². The van der Waals surface area contributed by atoms with E-state index in [2.05, 4.69) is 30.4 Å². The van der Waals surface area contributed by atoms with Crippen molar-refractivity contribution in [3.05, 3.63) is 63.9 Å². The third-order valence-corrected chi connectivity index (χ3v) is 8.06. The van der Waals surface area contributed by atoms with Crippen LogP contribution in [0.1, 0.15) is 0 Å². The highest BCUT2D eigenvalue weighted by atomic mass is 32.2. The van der Waals surface area contributed by atoms with Gasteiger partial charge in [0.15, 0.2) is 5.13 Å². The third kappa shape index (κ3) is 3.48. The molecule has 3 heterocycles. The number of phenols is 1. The maximum absolute atomic E-state index is 12.9. The number of H-pyrrole nitrogens is 1. The Labute approximate surface area is 193 Å². The summed E-state index contributed by atoms with van der Waals surface area (Å²) in [5.74, 6) is -0.00929. The lowest BCUT2D eigenvalue weighted by Gasteiger charge is -2.04. The molecule has 2 aromatic carbocycles. The molecule has 5 rings (SSSR count). The number of nitro benzene ring substituents is 1. The van der Waals surface area contributed by atoms with Gasteiger partial charge in [0.1, 0.15) is 33.4 Å². The number of rotatable bonds is 6. The molecule has 0 atom stereocenters. The van der Waals surface area contributed by atoms with Crippen molar-refractivity contribution >= 4 is 65.4 Å². The van der Waals surface area contributed by atoms with Crippen molar-refractivity contribution in [1.82, 2.24) is 19.9 Å². The van der Waals surface area contributed by atoms with Crippen LogP contribution in [-0.2, 0) is 9.84 Å². The maximum Gasteiger partial charge on any atom is 0.269 e. The van der Waals surface area contributed by atoms with Crippen LogP contribution in [-0.4, -0.2) is 38.4 Å². The molecule has 0 aliphatic carbocycles. The van der Waals surface area contributed by atoms with E-state index < -0.39 is 14.8 Å². The van der Waals surface area contributed by atoms with Gasteiger partial charge >= 0.3 is 0 Å². The number of thiazole rings is 1. The highest BCUT2D eigenvalue weighted by Crippen LogP contribution is 2.38. The average molecular weight is 497 g/mol. The molecular formula is C19H11N7O6S2. The summed E-state index contributed by atoms with van der Waals surface area (Å²) >= 11 is 0.843. The van der Waals surface area contributed by atoms with Crippen LogP contribution in [0, 0.1) is 15.0 Å². The maximum atomic E-state index is 12.9. The van der Waals surface area contributed by atoms with Gasteiger partial charge in [-0.3, -0.25) is 10.1 Å². The van der Waals surface area contributed by atoms with Gasteiger partial charge in [-0.15, -0.1) is 4.91 Å². The number of aromatic nitrogens is 4. The Hall–Kier alpha value is -4.50. The van der Waals surface area contributed by atoms with Gasteiger partial charge in [0, 0.05) is 23.6 Å². The fourth-order valence-corrected chi connectivity index (χ4v) is 5.76. The second kappa shape index (κ2) is 7.82. The van der Waals surface area contributed by atoms with Crippen molar-refractivity contribution < 1.29 is 18.4 Å². The van der Waals surface area contributed by atoms with E-state index in [1.165, 1.54) is 24.7 Å². The van der Waals surface area contributed by atoms with Gasteiger partial charge in [0.25, 0.3) is 5.69 Å². The molecule has 170 valence electrons. The van der Waals surface area contributed by atoms with E-state index >= 15 is 0 Å². The highest BCUT2D eigenvalue weighted by Gasteiger charge is 2.23. The summed E-state index contributed by atoms with van der Waals surface area (Å²) in [5, 5.41) is 27.7. The number of hydrogen-bond donors (Lipinski definition) is 3. The van der Waals surface area contributed by atoms with Crippen LogP contribution >= 0.6 is 11.3 Å². The molecule has 34 heavy (non-hydrogen) atoms. The summed E-state index contributed by atoms with van der Waals surface area (Å²) < 4.78 is 25.7. The molecule has 0 unspecified atom stereocenters. The standard InChI is InChI=1S/C19H11N7O6S2/c27-14-6-12-11(5-13(14)25-28)16-17(23-12)21-8-22-18(16)24-19-20-7-15(33-19)34(31,32)10-3-1-9(2-4-10)26(29)30/h1-8,27H,(H2,20,21,22,23,24). The van der Waals surface area contributed by atoms with E-state index in [0.29, 0.717) is 21.9 Å². The molecule has 15 heteroatoms. The van der Waals surface area contributed by atoms with Gasteiger partial charge in [0.2, 0.25) is 9.84 Å². The Kier molecular flexibility index (Phi) is 4.91. The largest absolute Gasteiger partial charge is 0.505 e. The number of nitroso groups, excluding NO2 is 1. The van der Waals surface area contributed by atoms with Crippen molar-refractivity contribution in [3.63, 3.8) is 0 Å². The van der Waals surface area contributed by atoms with Crippen LogP contribution in [0.4, 0.5) is 22.3 Å². The Balaban J connectivity index is 1.52. The number of hydrogen-bond acceptors (Lipinski definition) is 12. The first-order chi connectivity index (χ1) is 16.3. The topological polar surface area (TPSA) is 193 Å². The van der Waals surface area contributed by atoms with Crippen LogP contribution in [0.15, 0.2) is 63.2 Å². The highest BCUT2D eigenvalue weighted by molar-refractivity contribution is 7.93. The van der Waals surface area contributed by atoms with Crippen molar-refractivity contribution in [2.24, 2.45) is 5.18 Å². The third-order valence-electron chi connectivity index (χ3n) is 4.92. The lowest BCUT2D eigenvalue weighted by molar-refractivity contribution is -0.384. The predicted molar refractivity (Wildman–Crippen MR) is 122 cm³/mol. The van der Waals surface area contributed by atoms with Crippen LogP contribution in [0.25, 0.3) is 21.9 Å². The predicted octanol–water partition coefficient (Wildman–Crippen LogP) is 4.16. The molecule has 0 bridgehead atoms. The molecule has 0 saturated carbocycles. The number of nitrogens with zero attached hydrogens (tertiary/aromatic N) is 5. The van der Waals surface area contributed by atoms with Crippen LogP contribution in [0.2, 0.25) is 0 Å². The van der Waals surface area contributed by atoms with Gasteiger partial charge in [-0.05, 0) is 23.4 Å². The van der Waals surface area contributed by atoms with E-state index in [1.54, 1.807) is 0 Å². The van der Waals surface area contributed by atoms with E-state index in [4.69, 9.17) is 0 Å². The van der Waals surface area contributed by atoms with Gasteiger partial charge in [-0.1, -0.05) is 11.3 Å². The summed E-state index contributed by atoms with van der Waals surface area (Å²) in [7, 11) is -3.95. The number of nitrogens with one attached hydrogen (secondary N) is 2. The summed E-state index contributed by atoms with van der Waals surface area (Å²) in [6.45, 7) is 0. The summed E-state index contributed by atoms with van der Waals surface area (Å²) in [6, 6.07) is 7.28.